The number of rotatable bonds is 6. The van der Waals surface area contributed by atoms with Gasteiger partial charge in [-0.05, 0) is 140 Å². The Labute approximate surface area is 434 Å². The second kappa shape index (κ2) is 16.2. The largest absolute Gasteiger partial charge is 0.309 e. The normalized spacial score (nSPS) is 12.1. The Kier molecular flexibility index (Phi) is 9.11. The molecule has 0 unspecified atom stereocenters. The van der Waals surface area contributed by atoms with Gasteiger partial charge >= 0.3 is 0 Å². The highest BCUT2D eigenvalue weighted by Gasteiger charge is 2.22. The van der Waals surface area contributed by atoms with Gasteiger partial charge in [0.1, 0.15) is 0 Å². The van der Waals surface area contributed by atoms with E-state index in [1.807, 2.05) is 22.7 Å². The predicted molar refractivity (Wildman–Crippen MR) is 320 cm³/mol. The van der Waals surface area contributed by atoms with Gasteiger partial charge < -0.3 is 9.13 Å². The molecule has 0 aliphatic carbocycles. The maximum atomic E-state index is 2.47. The SMILES string of the molecule is c1ccc(-c2ccc(-n3c4ccc(-c5ccc(-c6ccc7c(c6)c6c8c(ccc6n7-c6ccc(-c7ccccc7)cc6)sc6ccccc68)c6ccccc56)cc4c4c5c(ccc43)sc3ccccc35)cc2)cc1. The zero-order valence-electron chi connectivity index (χ0n) is 40.0. The van der Waals surface area contributed by atoms with E-state index in [9.17, 15) is 0 Å². The highest BCUT2D eigenvalue weighted by Crippen LogP contribution is 2.48. The first-order valence-electron chi connectivity index (χ1n) is 25.3. The van der Waals surface area contributed by atoms with Gasteiger partial charge in [-0.15, -0.1) is 22.7 Å². The van der Waals surface area contributed by atoms with Gasteiger partial charge in [0.25, 0.3) is 0 Å². The lowest BCUT2D eigenvalue weighted by Gasteiger charge is -2.14. The van der Waals surface area contributed by atoms with E-state index in [0.717, 1.165) is 11.4 Å². The second-order valence-electron chi connectivity index (χ2n) is 19.5. The molecule has 4 heterocycles. The average Bonchev–Trinajstić information content (AvgIpc) is 4.23. The molecule has 0 amide bonds. The molecule has 16 aromatic rings. The van der Waals surface area contributed by atoms with E-state index in [1.165, 1.54) is 139 Å². The second-order valence-corrected chi connectivity index (χ2v) is 21.7. The molecule has 16 rings (SSSR count). The molecule has 4 aromatic heterocycles. The Morgan fingerprint density at radius 2 is 0.568 bits per heavy atom. The van der Waals surface area contributed by atoms with Crippen LogP contribution in [0.1, 0.15) is 0 Å². The van der Waals surface area contributed by atoms with Gasteiger partial charge in [0.15, 0.2) is 0 Å². The fourth-order valence-corrected chi connectivity index (χ4v) is 14.4. The summed E-state index contributed by atoms with van der Waals surface area (Å²) in [5.41, 5.74) is 16.9. The van der Waals surface area contributed by atoms with E-state index in [4.69, 9.17) is 0 Å². The summed E-state index contributed by atoms with van der Waals surface area (Å²) < 4.78 is 10.2. The molecular weight excluding hydrogens is 933 g/mol. The fourth-order valence-electron chi connectivity index (χ4n) is 12.2. The predicted octanol–water partition coefficient (Wildman–Crippen LogP) is 20.4. The number of fused-ring (bicyclic) bond motifs is 15. The van der Waals surface area contributed by atoms with Crippen LogP contribution in [-0.4, -0.2) is 9.13 Å². The zero-order chi connectivity index (χ0) is 48.4. The minimum absolute atomic E-state index is 1.15. The van der Waals surface area contributed by atoms with Crippen molar-refractivity contribution in [1.82, 2.24) is 9.13 Å². The molecule has 344 valence electrons. The summed E-state index contributed by atoms with van der Waals surface area (Å²) in [5, 5.41) is 12.9. The van der Waals surface area contributed by atoms with Crippen LogP contribution in [0.4, 0.5) is 0 Å². The monoisotopic (exact) mass is 974 g/mol. The number of benzene rings is 12. The highest BCUT2D eigenvalue weighted by molar-refractivity contribution is 7.26. The van der Waals surface area contributed by atoms with E-state index >= 15 is 0 Å². The Bertz CT molecular complexity index is 4600. The average molecular weight is 975 g/mol. The summed E-state index contributed by atoms with van der Waals surface area (Å²) in [4.78, 5) is 0. The van der Waals surface area contributed by atoms with Crippen LogP contribution in [0, 0.1) is 0 Å². The van der Waals surface area contributed by atoms with E-state index in [1.54, 1.807) is 0 Å². The smallest absolute Gasteiger partial charge is 0.0548 e. The molecule has 0 atom stereocenters. The molecule has 0 aliphatic rings. The number of thiophene rings is 2. The van der Waals surface area contributed by atoms with Crippen molar-refractivity contribution in [3.05, 3.63) is 255 Å². The molecule has 12 aromatic carbocycles. The maximum absolute atomic E-state index is 2.47. The van der Waals surface area contributed by atoms with Gasteiger partial charge in [-0.1, -0.05) is 170 Å². The molecule has 0 N–H and O–H groups in total. The molecule has 2 nitrogen and oxygen atoms in total. The van der Waals surface area contributed by atoms with Gasteiger partial charge in [0.05, 0.1) is 22.1 Å². The zero-order valence-corrected chi connectivity index (χ0v) is 41.6. The fraction of sp³-hybridized carbons (Fsp3) is 0. The van der Waals surface area contributed by atoms with Crippen molar-refractivity contribution in [2.24, 2.45) is 0 Å². The van der Waals surface area contributed by atoms with Crippen LogP contribution in [0.15, 0.2) is 255 Å². The van der Waals surface area contributed by atoms with E-state index in [0.29, 0.717) is 0 Å². The molecule has 0 radical (unpaired) electrons. The van der Waals surface area contributed by atoms with Gasteiger partial charge in [-0.3, -0.25) is 0 Å². The van der Waals surface area contributed by atoms with Gasteiger partial charge in [0.2, 0.25) is 0 Å². The first-order valence-corrected chi connectivity index (χ1v) is 26.9. The third-order valence-corrected chi connectivity index (χ3v) is 17.8. The third-order valence-electron chi connectivity index (χ3n) is 15.5. The van der Waals surface area contributed by atoms with Crippen LogP contribution < -0.4 is 0 Å². The summed E-state index contributed by atoms with van der Waals surface area (Å²) >= 11 is 3.77. The van der Waals surface area contributed by atoms with Crippen molar-refractivity contribution in [3.63, 3.8) is 0 Å². The molecule has 0 bridgehead atoms. The van der Waals surface area contributed by atoms with Crippen molar-refractivity contribution in [2.75, 3.05) is 0 Å². The molecule has 4 heteroatoms. The van der Waals surface area contributed by atoms with E-state index in [-0.39, 0.29) is 0 Å². The summed E-state index contributed by atoms with van der Waals surface area (Å²) in [7, 11) is 0. The molecule has 0 aliphatic heterocycles. The first-order chi connectivity index (χ1) is 36.7. The Morgan fingerprint density at radius 1 is 0.216 bits per heavy atom. The Hall–Kier alpha value is -9.06. The van der Waals surface area contributed by atoms with Crippen LogP contribution >= 0.6 is 22.7 Å². The number of hydrogen-bond donors (Lipinski definition) is 0. The van der Waals surface area contributed by atoms with Gasteiger partial charge in [-0.25, -0.2) is 0 Å². The van der Waals surface area contributed by atoms with E-state index < -0.39 is 0 Å². The highest BCUT2D eigenvalue weighted by atomic mass is 32.1. The van der Waals surface area contributed by atoms with Crippen molar-refractivity contribution in [3.8, 4) is 55.9 Å². The summed E-state index contributed by atoms with van der Waals surface area (Å²) in [5.74, 6) is 0. The van der Waals surface area contributed by atoms with Gasteiger partial charge in [0, 0.05) is 73.3 Å². The molecular formula is C70H42N2S2. The third kappa shape index (κ3) is 6.23. The lowest BCUT2D eigenvalue weighted by molar-refractivity contribution is 1.18. The van der Waals surface area contributed by atoms with Crippen molar-refractivity contribution >= 4 is 117 Å². The molecule has 0 spiro atoms. The topological polar surface area (TPSA) is 9.86 Å². The standard InChI is InChI=1S/C70H42N2S2/c1-3-13-43(14-4-1)45-23-29-49(30-24-45)71-59-35-27-47(41-57(59)67-61(71)37-39-65-69(67)55-19-9-11-21-63(55)73-65)51-33-34-52(54-18-8-7-17-53(51)54)48-28-36-60-58(42-48)68-62(38-40-66-70(68)56-20-10-12-22-64(56)74-66)72(60)50-31-25-46(26-32-50)44-15-5-2-6-16-44/h1-42H. The summed E-state index contributed by atoms with van der Waals surface area (Å²) in [6, 6.07) is 94.6. The van der Waals surface area contributed by atoms with Crippen molar-refractivity contribution in [2.45, 2.75) is 0 Å². The van der Waals surface area contributed by atoms with Crippen LogP contribution in [0.25, 0.3) is 151 Å². The molecule has 0 saturated carbocycles. The van der Waals surface area contributed by atoms with Crippen LogP contribution in [0.2, 0.25) is 0 Å². The summed E-state index contributed by atoms with van der Waals surface area (Å²) in [6.07, 6.45) is 0. The number of aromatic nitrogens is 2. The minimum Gasteiger partial charge on any atom is -0.309 e. The lowest BCUT2D eigenvalue weighted by atomic mass is 9.91. The molecule has 0 saturated heterocycles. The molecule has 74 heavy (non-hydrogen) atoms. The van der Waals surface area contributed by atoms with Crippen LogP contribution in [-0.2, 0) is 0 Å². The number of hydrogen-bond acceptors (Lipinski definition) is 2. The minimum atomic E-state index is 1.15. The number of nitrogens with zero attached hydrogens (tertiary/aromatic N) is 2. The Morgan fingerprint density at radius 3 is 1.00 bits per heavy atom. The summed E-state index contributed by atoms with van der Waals surface area (Å²) in [6.45, 7) is 0. The quantitative estimate of drug-likeness (QED) is 0.157. The Balaban J connectivity index is 0.883. The maximum Gasteiger partial charge on any atom is 0.0548 e. The molecule has 0 fully saturated rings. The van der Waals surface area contributed by atoms with Crippen LogP contribution in [0.5, 0.6) is 0 Å². The van der Waals surface area contributed by atoms with Crippen LogP contribution in [0.3, 0.4) is 0 Å². The lowest BCUT2D eigenvalue weighted by Crippen LogP contribution is -1.94. The van der Waals surface area contributed by atoms with E-state index in [2.05, 4.69) is 264 Å². The van der Waals surface area contributed by atoms with Gasteiger partial charge in [-0.2, -0.15) is 0 Å². The first kappa shape index (κ1) is 41.5. The van der Waals surface area contributed by atoms with Crippen molar-refractivity contribution in [1.29, 1.82) is 0 Å². The van der Waals surface area contributed by atoms with Crippen molar-refractivity contribution < 1.29 is 0 Å².